The van der Waals surface area contributed by atoms with Gasteiger partial charge in [-0.3, -0.25) is 0 Å². The summed E-state index contributed by atoms with van der Waals surface area (Å²) in [5, 5.41) is 17.4. The first-order valence-corrected chi connectivity index (χ1v) is 5.78. The van der Waals surface area contributed by atoms with E-state index in [0.717, 1.165) is 0 Å². The Labute approximate surface area is 108 Å². The van der Waals surface area contributed by atoms with Gasteiger partial charge in [0.2, 0.25) is 0 Å². The molecule has 0 amide bonds. The summed E-state index contributed by atoms with van der Waals surface area (Å²) in [6, 6.07) is 1.64. The number of nitrogens with zero attached hydrogens (tertiary/aromatic N) is 3. The zero-order valence-electron chi connectivity index (χ0n) is 9.41. The van der Waals surface area contributed by atoms with Crippen molar-refractivity contribution in [3.05, 3.63) is 22.6 Å². The normalized spacial score (nSPS) is 12.1. The topological polar surface area (TPSA) is 62.5 Å². The number of rotatable bonds is 3. The maximum Gasteiger partial charge on any atom is 0.178 e. The molecule has 0 aliphatic rings. The fraction of sp³-hybridized carbons (Fsp3) is 0.400. The summed E-state index contributed by atoms with van der Waals surface area (Å²) in [7, 11) is 0. The van der Waals surface area contributed by atoms with Crippen LogP contribution in [0.3, 0.4) is 0 Å². The molecule has 17 heavy (non-hydrogen) atoms. The summed E-state index contributed by atoms with van der Waals surface area (Å²) in [6.45, 7) is 3.78. The molecule has 0 aliphatic carbocycles. The molecule has 0 atom stereocenters. The van der Waals surface area contributed by atoms with E-state index in [2.05, 4.69) is 15.4 Å². The van der Waals surface area contributed by atoms with Gasteiger partial charge in [0.05, 0.1) is 17.5 Å². The van der Waals surface area contributed by atoms with E-state index in [0.29, 0.717) is 28.2 Å². The van der Waals surface area contributed by atoms with Crippen molar-refractivity contribution in [2.75, 3.05) is 11.9 Å². The molecule has 2 rings (SSSR count). The third-order valence-electron chi connectivity index (χ3n) is 2.11. The van der Waals surface area contributed by atoms with Crippen molar-refractivity contribution in [1.29, 1.82) is 0 Å². The molecular formula is C10H12Cl2N4O. The second kappa shape index (κ2) is 4.33. The van der Waals surface area contributed by atoms with E-state index in [1.165, 1.54) is 10.7 Å². The number of fused-ring (bicyclic) bond motifs is 1. The van der Waals surface area contributed by atoms with Crippen LogP contribution < -0.4 is 5.32 Å². The summed E-state index contributed by atoms with van der Waals surface area (Å²) in [5.41, 5.74) is 0.422. The Balaban J connectivity index is 2.39. The van der Waals surface area contributed by atoms with Gasteiger partial charge in [-0.05, 0) is 13.8 Å². The molecule has 2 N–H and O–H groups in total. The van der Waals surface area contributed by atoms with Crippen LogP contribution in [-0.4, -0.2) is 31.9 Å². The maximum absolute atomic E-state index is 9.66. The van der Waals surface area contributed by atoms with Crippen molar-refractivity contribution in [2.45, 2.75) is 19.4 Å². The van der Waals surface area contributed by atoms with E-state index in [1.807, 2.05) is 0 Å². The van der Waals surface area contributed by atoms with Gasteiger partial charge < -0.3 is 10.4 Å². The Morgan fingerprint density at radius 3 is 2.82 bits per heavy atom. The smallest absolute Gasteiger partial charge is 0.178 e. The molecule has 2 aromatic rings. The largest absolute Gasteiger partial charge is 0.389 e. The number of hydrogen-bond donors (Lipinski definition) is 2. The molecule has 0 spiro atoms. The van der Waals surface area contributed by atoms with E-state index < -0.39 is 5.60 Å². The molecule has 0 aliphatic heterocycles. The lowest BCUT2D eigenvalue weighted by atomic mass is 10.1. The molecule has 92 valence electrons. The molecule has 5 nitrogen and oxygen atoms in total. The minimum absolute atomic E-state index is 0.302. The minimum Gasteiger partial charge on any atom is -0.389 e. The molecular weight excluding hydrogens is 263 g/mol. The third-order valence-corrected chi connectivity index (χ3v) is 2.55. The lowest BCUT2D eigenvalue weighted by molar-refractivity contribution is 0.0945. The van der Waals surface area contributed by atoms with Crippen LogP contribution in [0.2, 0.25) is 10.3 Å². The van der Waals surface area contributed by atoms with Crippen LogP contribution in [0.4, 0.5) is 5.69 Å². The average molecular weight is 275 g/mol. The second-order valence-electron chi connectivity index (χ2n) is 4.36. The van der Waals surface area contributed by atoms with Gasteiger partial charge in [0.1, 0.15) is 0 Å². The predicted octanol–water partition coefficient (Wildman–Crippen LogP) is 2.22. The SMILES string of the molecule is CC(C)(O)CNc1cc(Cl)nn2c(Cl)cnc12. The summed E-state index contributed by atoms with van der Waals surface area (Å²) >= 11 is 11.8. The molecule has 0 saturated carbocycles. The van der Waals surface area contributed by atoms with Gasteiger partial charge in [0, 0.05) is 12.6 Å². The van der Waals surface area contributed by atoms with Crippen LogP contribution >= 0.6 is 23.2 Å². The first-order valence-electron chi connectivity index (χ1n) is 5.03. The van der Waals surface area contributed by atoms with Crippen LogP contribution in [0.15, 0.2) is 12.3 Å². The highest BCUT2D eigenvalue weighted by molar-refractivity contribution is 6.30. The number of imidazole rings is 1. The van der Waals surface area contributed by atoms with Crippen LogP contribution in [0, 0.1) is 0 Å². The van der Waals surface area contributed by atoms with Gasteiger partial charge in [0.25, 0.3) is 0 Å². The summed E-state index contributed by atoms with van der Waals surface area (Å²) < 4.78 is 1.44. The number of aromatic nitrogens is 3. The van der Waals surface area contributed by atoms with E-state index >= 15 is 0 Å². The Morgan fingerprint density at radius 2 is 2.18 bits per heavy atom. The number of halogens is 2. The van der Waals surface area contributed by atoms with Crippen LogP contribution in [-0.2, 0) is 0 Å². The zero-order valence-corrected chi connectivity index (χ0v) is 10.9. The fourth-order valence-corrected chi connectivity index (χ4v) is 1.70. The number of aliphatic hydroxyl groups is 1. The Hall–Kier alpha value is -1.04. The Kier molecular flexibility index (Phi) is 3.16. The van der Waals surface area contributed by atoms with Crippen molar-refractivity contribution in [3.63, 3.8) is 0 Å². The number of hydrogen-bond acceptors (Lipinski definition) is 4. The Bertz CT molecular complexity index is 547. The highest BCUT2D eigenvalue weighted by Gasteiger charge is 2.15. The maximum atomic E-state index is 9.66. The van der Waals surface area contributed by atoms with E-state index in [-0.39, 0.29) is 0 Å². The van der Waals surface area contributed by atoms with Crippen LogP contribution in [0.25, 0.3) is 5.65 Å². The van der Waals surface area contributed by atoms with Crippen molar-refractivity contribution < 1.29 is 5.11 Å². The highest BCUT2D eigenvalue weighted by atomic mass is 35.5. The van der Waals surface area contributed by atoms with Crippen LogP contribution in [0.5, 0.6) is 0 Å². The Morgan fingerprint density at radius 1 is 1.47 bits per heavy atom. The van der Waals surface area contributed by atoms with Crippen molar-refractivity contribution in [3.8, 4) is 0 Å². The summed E-state index contributed by atoms with van der Waals surface area (Å²) in [6.07, 6.45) is 1.50. The minimum atomic E-state index is -0.830. The van der Waals surface area contributed by atoms with Crippen LogP contribution in [0.1, 0.15) is 13.8 Å². The second-order valence-corrected chi connectivity index (χ2v) is 5.14. The van der Waals surface area contributed by atoms with Crippen molar-refractivity contribution >= 4 is 34.5 Å². The molecule has 0 fully saturated rings. The molecule has 0 bridgehead atoms. The lowest BCUT2D eigenvalue weighted by Gasteiger charge is -2.18. The van der Waals surface area contributed by atoms with E-state index in [9.17, 15) is 5.11 Å². The molecule has 0 aromatic carbocycles. The van der Waals surface area contributed by atoms with E-state index in [4.69, 9.17) is 23.2 Å². The van der Waals surface area contributed by atoms with Gasteiger partial charge in [0.15, 0.2) is 16.0 Å². The third kappa shape index (κ3) is 2.80. The van der Waals surface area contributed by atoms with Gasteiger partial charge in [-0.1, -0.05) is 23.2 Å². The van der Waals surface area contributed by atoms with E-state index in [1.54, 1.807) is 19.9 Å². The molecule has 2 aromatic heterocycles. The van der Waals surface area contributed by atoms with Gasteiger partial charge in [-0.25, -0.2) is 4.98 Å². The van der Waals surface area contributed by atoms with Gasteiger partial charge >= 0.3 is 0 Å². The number of anilines is 1. The average Bonchev–Trinajstić information content (AvgIpc) is 2.56. The fourth-order valence-electron chi connectivity index (χ4n) is 1.35. The molecule has 0 unspecified atom stereocenters. The molecule has 7 heteroatoms. The first-order chi connectivity index (χ1) is 7.87. The van der Waals surface area contributed by atoms with Crippen molar-refractivity contribution in [1.82, 2.24) is 14.6 Å². The summed E-state index contributed by atoms with van der Waals surface area (Å²) in [4.78, 5) is 4.13. The summed E-state index contributed by atoms with van der Waals surface area (Å²) in [5.74, 6) is 0. The highest BCUT2D eigenvalue weighted by Crippen LogP contribution is 2.22. The zero-order chi connectivity index (χ0) is 12.6. The molecule has 0 saturated heterocycles. The number of nitrogens with one attached hydrogen (secondary N) is 1. The lowest BCUT2D eigenvalue weighted by Crippen LogP contribution is -2.29. The first kappa shape index (κ1) is 12.4. The van der Waals surface area contributed by atoms with Crippen molar-refractivity contribution in [2.24, 2.45) is 0 Å². The van der Waals surface area contributed by atoms with Gasteiger partial charge in [-0.15, -0.1) is 0 Å². The monoisotopic (exact) mass is 274 g/mol. The quantitative estimate of drug-likeness (QED) is 0.901. The predicted molar refractivity (Wildman–Crippen MR) is 67.8 cm³/mol. The molecule has 0 radical (unpaired) electrons. The van der Waals surface area contributed by atoms with Gasteiger partial charge in [-0.2, -0.15) is 9.61 Å². The molecule has 2 heterocycles. The standard InChI is InChI=1S/C10H12Cl2N4O/c1-10(2,17)5-14-6-3-7(11)15-16-8(12)4-13-9(6)16/h3-4,14,17H,5H2,1-2H3.